The maximum atomic E-state index is 12.4. The second-order valence-electron chi connectivity index (χ2n) is 4.96. The second-order valence-corrected chi connectivity index (χ2v) is 7.96. The van der Waals surface area contributed by atoms with E-state index >= 15 is 0 Å². The number of hydrogen-bond donors (Lipinski definition) is 1. The van der Waals surface area contributed by atoms with E-state index in [1.807, 2.05) is 0 Å². The number of nitrogens with one attached hydrogen (secondary N) is 1. The summed E-state index contributed by atoms with van der Waals surface area (Å²) < 4.78 is 26.1. The maximum absolute atomic E-state index is 12.4. The molecule has 1 heterocycles. The van der Waals surface area contributed by atoms with Crippen LogP contribution in [0.3, 0.4) is 0 Å². The highest BCUT2D eigenvalue weighted by Gasteiger charge is 2.21. The third kappa shape index (κ3) is 4.21. The molecule has 0 atom stereocenters. The van der Waals surface area contributed by atoms with Crippen LogP contribution >= 0.6 is 11.3 Å². The number of nitro groups is 1. The highest BCUT2D eigenvalue weighted by atomic mass is 32.2. The van der Waals surface area contributed by atoms with Gasteiger partial charge in [0.1, 0.15) is 0 Å². The molecule has 1 aromatic carbocycles. The van der Waals surface area contributed by atoms with E-state index < -0.39 is 20.9 Å². The first-order valence-electron chi connectivity index (χ1n) is 7.45. The molecule has 0 bridgehead atoms. The van der Waals surface area contributed by atoms with Crippen molar-refractivity contribution in [1.29, 1.82) is 0 Å². The number of sulfonamides is 1. The maximum Gasteiger partial charge on any atom is 0.324 e. The Morgan fingerprint density at radius 1 is 1.16 bits per heavy atom. The van der Waals surface area contributed by atoms with Gasteiger partial charge >= 0.3 is 5.00 Å². The van der Waals surface area contributed by atoms with Crippen LogP contribution in [0.2, 0.25) is 0 Å². The number of thiophene rings is 1. The second kappa shape index (κ2) is 7.72. The first-order valence-corrected chi connectivity index (χ1v) is 9.71. The Morgan fingerprint density at radius 2 is 1.76 bits per heavy atom. The van der Waals surface area contributed by atoms with E-state index in [2.05, 4.69) is 5.32 Å². The van der Waals surface area contributed by atoms with Gasteiger partial charge in [-0.2, -0.15) is 4.31 Å². The molecule has 0 unspecified atom stereocenters. The minimum absolute atomic E-state index is 0.120. The Kier molecular flexibility index (Phi) is 5.88. The van der Waals surface area contributed by atoms with E-state index in [0.29, 0.717) is 18.8 Å². The highest BCUT2D eigenvalue weighted by Crippen LogP contribution is 2.25. The molecule has 2 aromatic rings. The summed E-state index contributed by atoms with van der Waals surface area (Å²) in [4.78, 5) is 22.5. The zero-order valence-electron chi connectivity index (χ0n) is 13.6. The predicted octanol–water partition coefficient (Wildman–Crippen LogP) is 2.94. The smallest absolute Gasteiger partial charge is 0.321 e. The van der Waals surface area contributed by atoms with Crippen LogP contribution in [0.4, 0.5) is 10.7 Å². The van der Waals surface area contributed by atoms with E-state index in [0.717, 1.165) is 11.3 Å². The van der Waals surface area contributed by atoms with E-state index in [9.17, 15) is 23.3 Å². The average molecular weight is 383 g/mol. The molecule has 1 N–H and O–H groups in total. The molecule has 0 saturated heterocycles. The summed E-state index contributed by atoms with van der Waals surface area (Å²) in [5.74, 6) is -0.488. The van der Waals surface area contributed by atoms with Gasteiger partial charge in [0.25, 0.3) is 5.91 Å². The topological polar surface area (TPSA) is 110 Å². The minimum atomic E-state index is -3.56. The van der Waals surface area contributed by atoms with Crippen molar-refractivity contribution < 1.29 is 18.1 Å². The summed E-state index contributed by atoms with van der Waals surface area (Å²) in [5, 5.41) is 13.1. The lowest BCUT2D eigenvalue weighted by Gasteiger charge is -2.18. The molecular formula is C15H17N3O5S2. The van der Waals surface area contributed by atoms with Crippen molar-refractivity contribution in [3.05, 3.63) is 51.4 Å². The Bertz CT molecular complexity index is 871. The van der Waals surface area contributed by atoms with Crippen LogP contribution in [0, 0.1) is 10.1 Å². The van der Waals surface area contributed by atoms with E-state index in [-0.39, 0.29) is 14.8 Å². The van der Waals surface area contributed by atoms with Crippen molar-refractivity contribution in [2.75, 3.05) is 18.4 Å². The number of rotatable bonds is 7. The van der Waals surface area contributed by atoms with Gasteiger partial charge < -0.3 is 5.32 Å². The third-order valence-electron chi connectivity index (χ3n) is 3.45. The molecule has 8 nitrogen and oxygen atoms in total. The number of hydrogen-bond acceptors (Lipinski definition) is 6. The number of carbonyl (C=O) groups excluding carboxylic acids is 1. The predicted molar refractivity (Wildman–Crippen MR) is 95.5 cm³/mol. The molecule has 10 heteroatoms. The molecule has 25 heavy (non-hydrogen) atoms. The molecule has 1 aromatic heterocycles. The fraction of sp³-hybridized carbons (Fsp3) is 0.267. The molecule has 134 valence electrons. The highest BCUT2D eigenvalue weighted by molar-refractivity contribution is 7.89. The van der Waals surface area contributed by atoms with Crippen LogP contribution in [-0.2, 0) is 10.0 Å². The van der Waals surface area contributed by atoms with Crippen LogP contribution in [0.25, 0.3) is 0 Å². The Balaban J connectivity index is 2.14. The fourth-order valence-corrected chi connectivity index (χ4v) is 4.34. The number of anilines is 1. The number of benzene rings is 1. The molecule has 2 rings (SSSR count). The molecular weight excluding hydrogens is 366 g/mol. The van der Waals surface area contributed by atoms with Crippen molar-refractivity contribution in [3.8, 4) is 0 Å². The number of carbonyl (C=O) groups is 1. The van der Waals surface area contributed by atoms with Gasteiger partial charge in [-0.25, -0.2) is 8.42 Å². The van der Waals surface area contributed by atoms with Crippen molar-refractivity contribution in [3.63, 3.8) is 0 Å². The summed E-state index contributed by atoms with van der Waals surface area (Å²) in [5.41, 5.74) is 0.402. The molecule has 0 aliphatic carbocycles. The summed E-state index contributed by atoms with van der Waals surface area (Å²) in [7, 11) is -3.56. The summed E-state index contributed by atoms with van der Waals surface area (Å²) in [6.45, 7) is 4.26. The van der Waals surface area contributed by atoms with E-state index in [1.165, 1.54) is 40.7 Å². The Morgan fingerprint density at radius 3 is 2.24 bits per heavy atom. The standard InChI is InChI=1S/C15H17N3O5S2/c1-3-17(4-2)25(22,23)12-7-5-11(6-8-12)16-15(19)13-9-10-14(24-13)18(20)21/h5-10H,3-4H2,1-2H3,(H,16,19). The first-order chi connectivity index (χ1) is 11.8. The van der Waals surface area contributed by atoms with Crippen LogP contribution in [-0.4, -0.2) is 36.6 Å². The van der Waals surface area contributed by atoms with Crippen LogP contribution in [0.15, 0.2) is 41.3 Å². The molecule has 0 saturated carbocycles. The Labute approximate surface area is 149 Å². The Hall–Kier alpha value is -2.30. The number of amides is 1. The van der Waals surface area contributed by atoms with Gasteiger partial charge in [0, 0.05) is 24.8 Å². The normalized spacial score (nSPS) is 11.5. The molecule has 0 aliphatic rings. The molecule has 1 amide bonds. The summed E-state index contributed by atoms with van der Waals surface area (Å²) in [6, 6.07) is 8.43. The SMILES string of the molecule is CCN(CC)S(=O)(=O)c1ccc(NC(=O)c2ccc([N+](=O)[O-])s2)cc1. The molecule has 0 fully saturated rings. The van der Waals surface area contributed by atoms with Crippen molar-refractivity contribution >= 4 is 38.0 Å². The van der Waals surface area contributed by atoms with E-state index in [1.54, 1.807) is 13.8 Å². The third-order valence-corrected chi connectivity index (χ3v) is 6.55. The van der Waals surface area contributed by atoms with Gasteiger partial charge in [0.05, 0.1) is 14.7 Å². The minimum Gasteiger partial charge on any atom is -0.321 e. The van der Waals surface area contributed by atoms with Crippen LogP contribution < -0.4 is 5.32 Å². The largest absolute Gasteiger partial charge is 0.324 e. The lowest BCUT2D eigenvalue weighted by molar-refractivity contribution is -0.380. The van der Waals surface area contributed by atoms with Crippen molar-refractivity contribution in [2.24, 2.45) is 0 Å². The van der Waals surface area contributed by atoms with Gasteiger partial charge in [-0.3, -0.25) is 14.9 Å². The molecule has 0 spiro atoms. The zero-order chi connectivity index (χ0) is 18.6. The van der Waals surface area contributed by atoms with Crippen molar-refractivity contribution in [2.45, 2.75) is 18.7 Å². The van der Waals surface area contributed by atoms with Gasteiger partial charge in [0.15, 0.2) is 0 Å². The fourth-order valence-electron chi connectivity index (χ4n) is 2.16. The molecule has 0 radical (unpaired) electrons. The van der Waals surface area contributed by atoms with Crippen molar-refractivity contribution in [1.82, 2.24) is 4.31 Å². The first kappa shape index (κ1) is 19.0. The lowest BCUT2D eigenvalue weighted by Crippen LogP contribution is -2.30. The zero-order valence-corrected chi connectivity index (χ0v) is 15.3. The van der Waals surface area contributed by atoms with Crippen LogP contribution in [0.1, 0.15) is 23.5 Å². The average Bonchev–Trinajstić information content (AvgIpc) is 3.06. The number of nitrogens with zero attached hydrogens (tertiary/aromatic N) is 2. The van der Waals surface area contributed by atoms with Crippen LogP contribution in [0.5, 0.6) is 0 Å². The van der Waals surface area contributed by atoms with Gasteiger partial charge in [-0.05, 0) is 30.3 Å². The lowest BCUT2D eigenvalue weighted by atomic mass is 10.3. The summed E-state index contributed by atoms with van der Waals surface area (Å²) in [6.07, 6.45) is 0. The van der Waals surface area contributed by atoms with Gasteiger partial charge in [0.2, 0.25) is 10.0 Å². The van der Waals surface area contributed by atoms with Gasteiger partial charge in [-0.1, -0.05) is 25.2 Å². The van der Waals surface area contributed by atoms with Gasteiger partial charge in [-0.15, -0.1) is 0 Å². The monoisotopic (exact) mass is 383 g/mol. The quantitative estimate of drug-likeness (QED) is 0.584. The summed E-state index contributed by atoms with van der Waals surface area (Å²) >= 11 is 0.772. The van der Waals surface area contributed by atoms with E-state index in [4.69, 9.17) is 0 Å². The molecule has 0 aliphatic heterocycles.